The van der Waals surface area contributed by atoms with Crippen LogP contribution in [0, 0.1) is 0 Å². The third kappa shape index (κ3) is 7.36. The van der Waals surface area contributed by atoms with Gasteiger partial charge in [0.2, 0.25) is 0 Å². The number of amides is 1. The number of Topliss-reactive ketones (excluding diaryl/α,β-unsaturated/α-hetero) is 1. The van der Waals surface area contributed by atoms with Gasteiger partial charge in [-0.2, -0.15) is 0 Å². The summed E-state index contributed by atoms with van der Waals surface area (Å²) in [5.41, 5.74) is 1.72. The quantitative estimate of drug-likeness (QED) is 0.905. The van der Waals surface area contributed by atoms with Crippen molar-refractivity contribution in [1.29, 1.82) is 0 Å². The van der Waals surface area contributed by atoms with E-state index in [1.165, 1.54) is 11.8 Å². The number of rotatable bonds is 5. The molecule has 0 heterocycles. The van der Waals surface area contributed by atoms with E-state index >= 15 is 0 Å². The first kappa shape index (κ1) is 22.6. The minimum Gasteiger partial charge on any atom is -0.332 e. The second-order valence-corrected chi connectivity index (χ2v) is 4.43. The predicted octanol–water partition coefficient (Wildman–Crippen LogP) is 3.51. The molecule has 4 nitrogen and oxygen atoms in total. The van der Waals surface area contributed by atoms with Crippen molar-refractivity contribution in [2.45, 2.75) is 54.1 Å². The summed E-state index contributed by atoms with van der Waals surface area (Å²) < 4.78 is 0. The molecule has 0 aliphatic carbocycles. The van der Waals surface area contributed by atoms with E-state index in [2.05, 4.69) is 5.32 Å². The predicted molar refractivity (Wildman–Crippen MR) is 94.1 cm³/mol. The molecule has 0 spiro atoms. The number of hydrogen-bond acceptors (Lipinski definition) is 3. The Kier molecular flexibility index (Phi) is 13.4. The monoisotopic (exact) mass is 308 g/mol. The highest BCUT2D eigenvalue weighted by Gasteiger charge is 2.20. The summed E-state index contributed by atoms with van der Waals surface area (Å²) in [6.07, 6.45) is 0. The fourth-order valence-electron chi connectivity index (χ4n) is 1.62. The number of nitrogens with zero attached hydrogens (tertiary/aromatic N) is 1. The molecule has 1 unspecified atom stereocenters. The van der Waals surface area contributed by atoms with Crippen LogP contribution < -0.4 is 5.32 Å². The zero-order valence-corrected chi connectivity index (χ0v) is 15.4. The molecule has 0 bridgehead atoms. The van der Waals surface area contributed by atoms with Gasteiger partial charge in [0.1, 0.15) is 0 Å². The van der Waals surface area contributed by atoms with E-state index in [4.69, 9.17) is 0 Å². The molecule has 0 aliphatic heterocycles. The number of nitrogens with one attached hydrogen (secondary N) is 1. The average molecular weight is 308 g/mol. The van der Waals surface area contributed by atoms with Gasteiger partial charge in [-0.05, 0) is 38.6 Å². The lowest BCUT2D eigenvalue weighted by molar-refractivity contribution is -0.120. The van der Waals surface area contributed by atoms with Gasteiger partial charge in [0.25, 0.3) is 5.91 Å². The van der Waals surface area contributed by atoms with Crippen molar-refractivity contribution in [3.8, 4) is 0 Å². The molecule has 0 aliphatic rings. The summed E-state index contributed by atoms with van der Waals surface area (Å²) in [6.45, 7) is 12.0. The van der Waals surface area contributed by atoms with Gasteiger partial charge in [-0.25, -0.2) is 0 Å². The fraction of sp³-hybridized carbons (Fsp3) is 0.556. The van der Waals surface area contributed by atoms with Gasteiger partial charge in [-0.3, -0.25) is 9.59 Å². The van der Waals surface area contributed by atoms with Crippen LogP contribution in [0.5, 0.6) is 0 Å². The zero-order chi connectivity index (χ0) is 17.7. The van der Waals surface area contributed by atoms with Crippen LogP contribution in [0.15, 0.2) is 24.3 Å². The van der Waals surface area contributed by atoms with Crippen molar-refractivity contribution >= 4 is 11.7 Å². The first-order valence-corrected chi connectivity index (χ1v) is 7.98. The second kappa shape index (κ2) is 13.0. The summed E-state index contributed by atoms with van der Waals surface area (Å²) >= 11 is 0. The number of ketones is 1. The third-order valence-corrected chi connectivity index (χ3v) is 3.07. The van der Waals surface area contributed by atoms with Crippen molar-refractivity contribution in [2.75, 3.05) is 14.1 Å². The summed E-state index contributed by atoms with van der Waals surface area (Å²) in [7, 11) is 3.53. The molecule has 0 aromatic heterocycles. The van der Waals surface area contributed by atoms with Gasteiger partial charge in [0.15, 0.2) is 5.78 Å². The van der Waals surface area contributed by atoms with Crippen LogP contribution in [-0.4, -0.2) is 36.7 Å². The molecule has 1 aromatic carbocycles. The standard InChI is InChI=1S/C14H20N2O2.2C2H6/c1-10(11(2)17)16(4)14(18)13-7-5-12(6-8-13)9-15-3;2*1-2/h5-8,10,15H,9H2,1-4H3;2*1-2H3. The molecular weight excluding hydrogens is 276 g/mol. The SMILES string of the molecule is CC.CC.CNCc1ccc(C(=O)N(C)C(C)C(C)=O)cc1. The molecule has 1 rings (SSSR count). The molecule has 0 fully saturated rings. The molecule has 0 saturated heterocycles. The molecule has 0 radical (unpaired) electrons. The molecule has 4 heteroatoms. The van der Waals surface area contributed by atoms with Gasteiger partial charge in [-0.15, -0.1) is 0 Å². The summed E-state index contributed by atoms with van der Waals surface area (Å²) in [5, 5.41) is 3.05. The number of carbonyl (C=O) groups is 2. The molecular formula is C18H32N2O2. The lowest BCUT2D eigenvalue weighted by Gasteiger charge is -2.22. The molecule has 0 saturated carbocycles. The fourth-order valence-corrected chi connectivity index (χ4v) is 1.62. The molecule has 1 aromatic rings. The molecule has 1 atom stereocenters. The Hall–Kier alpha value is -1.68. The van der Waals surface area contributed by atoms with Crippen LogP contribution in [-0.2, 0) is 11.3 Å². The van der Waals surface area contributed by atoms with E-state index in [-0.39, 0.29) is 11.7 Å². The highest BCUT2D eigenvalue weighted by Crippen LogP contribution is 2.09. The number of benzene rings is 1. The summed E-state index contributed by atoms with van der Waals surface area (Å²) in [6, 6.07) is 7.01. The first-order valence-electron chi connectivity index (χ1n) is 7.98. The van der Waals surface area contributed by atoms with Gasteiger partial charge >= 0.3 is 0 Å². The Balaban J connectivity index is 0. The zero-order valence-electron chi connectivity index (χ0n) is 15.4. The number of carbonyl (C=O) groups excluding carboxylic acids is 2. The van der Waals surface area contributed by atoms with Crippen LogP contribution >= 0.6 is 0 Å². The smallest absolute Gasteiger partial charge is 0.254 e. The highest BCUT2D eigenvalue weighted by atomic mass is 16.2. The highest BCUT2D eigenvalue weighted by molar-refractivity contribution is 5.97. The van der Waals surface area contributed by atoms with Crippen LogP contribution in [0.4, 0.5) is 0 Å². The minimum absolute atomic E-state index is 0.0161. The van der Waals surface area contributed by atoms with Gasteiger partial charge in [0, 0.05) is 19.2 Å². The first-order chi connectivity index (χ1) is 10.5. The maximum Gasteiger partial charge on any atom is 0.254 e. The van der Waals surface area contributed by atoms with Gasteiger partial charge in [0.05, 0.1) is 6.04 Å². The van der Waals surface area contributed by atoms with E-state index in [9.17, 15) is 9.59 Å². The summed E-state index contributed by atoms with van der Waals surface area (Å²) in [4.78, 5) is 24.8. The average Bonchev–Trinajstić information content (AvgIpc) is 2.57. The molecule has 1 N–H and O–H groups in total. The van der Waals surface area contributed by atoms with Crippen molar-refractivity contribution in [3.05, 3.63) is 35.4 Å². The van der Waals surface area contributed by atoms with Gasteiger partial charge in [-0.1, -0.05) is 39.8 Å². The normalized spacial score (nSPS) is 10.4. The van der Waals surface area contributed by atoms with Crippen molar-refractivity contribution in [2.24, 2.45) is 0 Å². The van der Waals surface area contributed by atoms with Crippen LogP contribution in [0.2, 0.25) is 0 Å². The van der Waals surface area contributed by atoms with Crippen LogP contribution in [0.3, 0.4) is 0 Å². The van der Waals surface area contributed by atoms with Crippen molar-refractivity contribution < 1.29 is 9.59 Å². The Morgan fingerprint density at radius 3 is 1.91 bits per heavy atom. The molecule has 1 amide bonds. The Morgan fingerprint density at radius 1 is 1.09 bits per heavy atom. The van der Waals surface area contributed by atoms with E-state index < -0.39 is 6.04 Å². The molecule has 22 heavy (non-hydrogen) atoms. The van der Waals surface area contributed by atoms with E-state index in [0.29, 0.717) is 5.56 Å². The topological polar surface area (TPSA) is 49.4 Å². The maximum atomic E-state index is 12.1. The number of likely N-dealkylation sites (N-methyl/N-ethyl adjacent to an activating group) is 1. The van der Waals surface area contributed by atoms with Gasteiger partial charge < -0.3 is 10.2 Å². The second-order valence-electron chi connectivity index (χ2n) is 4.43. The van der Waals surface area contributed by atoms with Crippen LogP contribution in [0.1, 0.15) is 57.5 Å². The van der Waals surface area contributed by atoms with Crippen molar-refractivity contribution in [3.63, 3.8) is 0 Å². The lowest BCUT2D eigenvalue weighted by Crippen LogP contribution is -2.39. The van der Waals surface area contributed by atoms with E-state index in [0.717, 1.165) is 12.1 Å². The Morgan fingerprint density at radius 2 is 1.55 bits per heavy atom. The lowest BCUT2D eigenvalue weighted by atomic mass is 10.1. The third-order valence-electron chi connectivity index (χ3n) is 3.07. The summed E-state index contributed by atoms with van der Waals surface area (Å²) in [5.74, 6) is -0.147. The minimum atomic E-state index is -0.394. The largest absolute Gasteiger partial charge is 0.332 e. The number of hydrogen-bond donors (Lipinski definition) is 1. The van der Waals surface area contributed by atoms with E-state index in [1.54, 1.807) is 26.1 Å². The van der Waals surface area contributed by atoms with Crippen molar-refractivity contribution in [1.82, 2.24) is 10.2 Å². The Labute approximate surface area is 135 Å². The Bertz CT molecular complexity index is 427. The maximum absolute atomic E-state index is 12.1. The molecule has 126 valence electrons. The van der Waals surface area contributed by atoms with E-state index in [1.807, 2.05) is 46.9 Å². The van der Waals surface area contributed by atoms with Crippen LogP contribution in [0.25, 0.3) is 0 Å².